The molecule has 3 N–H and O–H groups in total. The fourth-order valence-electron chi connectivity index (χ4n) is 1.95. The zero-order valence-corrected chi connectivity index (χ0v) is 11.1. The highest BCUT2D eigenvalue weighted by Crippen LogP contribution is 2.28. The van der Waals surface area contributed by atoms with Gasteiger partial charge in [0.15, 0.2) is 0 Å². The van der Waals surface area contributed by atoms with Crippen LogP contribution in [-0.4, -0.2) is 36.8 Å². The van der Waals surface area contributed by atoms with E-state index in [9.17, 15) is 4.79 Å². The Bertz CT molecular complexity index is 448. The van der Waals surface area contributed by atoms with Crippen molar-refractivity contribution in [2.75, 3.05) is 25.1 Å². The van der Waals surface area contributed by atoms with Gasteiger partial charge < -0.3 is 20.5 Å². The van der Waals surface area contributed by atoms with Gasteiger partial charge >= 0.3 is 0 Å². The third kappa shape index (κ3) is 3.94. The molecule has 104 valence electrons. The lowest BCUT2D eigenvalue weighted by Crippen LogP contribution is -2.30. The predicted octanol–water partition coefficient (Wildman–Crippen LogP) is 0.920. The van der Waals surface area contributed by atoms with Crippen LogP contribution in [0.1, 0.15) is 18.9 Å². The largest absolute Gasteiger partial charge is 0.491 e. The summed E-state index contributed by atoms with van der Waals surface area (Å²) in [6, 6.07) is 5.95. The Morgan fingerprint density at radius 3 is 3.16 bits per heavy atom. The molecule has 0 spiro atoms. The van der Waals surface area contributed by atoms with Gasteiger partial charge in [-0.25, -0.2) is 0 Å². The van der Waals surface area contributed by atoms with E-state index in [4.69, 9.17) is 9.84 Å². The van der Waals surface area contributed by atoms with Crippen LogP contribution in [0.15, 0.2) is 18.2 Å². The van der Waals surface area contributed by atoms with E-state index in [1.165, 1.54) is 0 Å². The van der Waals surface area contributed by atoms with E-state index in [2.05, 4.69) is 10.6 Å². The van der Waals surface area contributed by atoms with E-state index in [-0.39, 0.29) is 18.6 Å². The Hall–Kier alpha value is -1.59. The van der Waals surface area contributed by atoms with Crippen LogP contribution in [0.25, 0.3) is 0 Å². The molecule has 1 unspecified atom stereocenters. The second-order valence-electron chi connectivity index (χ2n) is 4.76. The molecule has 0 bridgehead atoms. The number of ether oxygens (including phenoxy) is 1. The minimum absolute atomic E-state index is 0.0112. The molecule has 0 radical (unpaired) electrons. The summed E-state index contributed by atoms with van der Waals surface area (Å²) in [5.41, 5.74) is 1.87. The van der Waals surface area contributed by atoms with E-state index < -0.39 is 0 Å². The third-order valence-corrected chi connectivity index (χ3v) is 3.09. The van der Waals surface area contributed by atoms with E-state index in [0.717, 1.165) is 30.0 Å². The molecule has 0 fully saturated rings. The minimum atomic E-state index is -0.0112. The summed E-state index contributed by atoms with van der Waals surface area (Å²) in [6.07, 6.45) is 1.23. The normalized spacial score (nSPS) is 16.0. The molecule has 0 aromatic heterocycles. The van der Waals surface area contributed by atoms with Gasteiger partial charge in [0.25, 0.3) is 0 Å². The van der Waals surface area contributed by atoms with E-state index in [1.807, 2.05) is 25.1 Å². The van der Waals surface area contributed by atoms with Crippen molar-refractivity contribution in [3.63, 3.8) is 0 Å². The molecule has 0 saturated heterocycles. The van der Waals surface area contributed by atoms with Crippen molar-refractivity contribution in [3.8, 4) is 5.75 Å². The first kappa shape index (κ1) is 13.8. The molecule has 1 aliphatic rings. The fraction of sp³-hybridized carbons (Fsp3) is 0.500. The summed E-state index contributed by atoms with van der Waals surface area (Å²) in [4.78, 5) is 11.5. The molecule has 0 aliphatic carbocycles. The van der Waals surface area contributed by atoms with Crippen LogP contribution in [0, 0.1) is 0 Å². The Morgan fingerprint density at radius 2 is 2.37 bits per heavy atom. The predicted molar refractivity (Wildman–Crippen MR) is 73.4 cm³/mol. The molecule has 2 rings (SSSR count). The zero-order valence-electron chi connectivity index (χ0n) is 11.1. The fourth-order valence-corrected chi connectivity index (χ4v) is 1.95. The van der Waals surface area contributed by atoms with Gasteiger partial charge in [0.1, 0.15) is 5.75 Å². The molecular formula is C14H20N2O3. The Kier molecular flexibility index (Phi) is 4.76. The van der Waals surface area contributed by atoms with Crippen molar-refractivity contribution < 1.29 is 14.6 Å². The Balaban J connectivity index is 1.98. The highest BCUT2D eigenvalue weighted by Gasteiger charge is 2.13. The molecule has 1 aromatic carbocycles. The van der Waals surface area contributed by atoms with Crippen LogP contribution in [-0.2, 0) is 11.2 Å². The summed E-state index contributed by atoms with van der Waals surface area (Å²) < 4.78 is 5.50. The maximum atomic E-state index is 11.5. The topological polar surface area (TPSA) is 70.6 Å². The second kappa shape index (κ2) is 6.54. The molecule has 1 heterocycles. The molecule has 1 aromatic rings. The number of benzene rings is 1. The third-order valence-electron chi connectivity index (χ3n) is 3.09. The Morgan fingerprint density at radius 1 is 1.53 bits per heavy atom. The average molecular weight is 264 g/mol. The molecule has 5 nitrogen and oxygen atoms in total. The highest BCUT2D eigenvalue weighted by molar-refractivity contribution is 5.93. The van der Waals surface area contributed by atoms with E-state index in [1.54, 1.807) is 0 Å². The van der Waals surface area contributed by atoms with Crippen molar-refractivity contribution >= 4 is 11.6 Å². The quantitative estimate of drug-likeness (QED) is 0.739. The molecule has 19 heavy (non-hydrogen) atoms. The van der Waals surface area contributed by atoms with Crippen molar-refractivity contribution in [1.82, 2.24) is 5.32 Å². The number of fused-ring (bicyclic) bond motifs is 1. The molecule has 1 atom stereocenters. The van der Waals surface area contributed by atoms with Crippen LogP contribution >= 0.6 is 0 Å². The lowest BCUT2D eigenvalue weighted by atomic mass is 10.1. The number of carbonyl (C=O) groups excluding carboxylic acids is 1. The van der Waals surface area contributed by atoms with Gasteiger partial charge in [-0.3, -0.25) is 4.79 Å². The van der Waals surface area contributed by atoms with Gasteiger partial charge in [-0.1, -0.05) is 6.07 Å². The summed E-state index contributed by atoms with van der Waals surface area (Å²) >= 11 is 0. The summed E-state index contributed by atoms with van der Waals surface area (Å²) in [5.74, 6) is 0.717. The van der Waals surface area contributed by atoms with Crippen molar-refractivity contribution in [3.05, 3.63) is 23.8 Å². The number of carbonyl (C=O) groups is 1. The van der Waals surface area contributed by atoms with Gasteiger partial charge in [-0.15, -0.1) is 0 Å². The second-order valence-corrected chi connectivity index (χ2v) is 4.76. The molecule has 5 heteroatoms. The standard InChI is InChI=1S/C14H20N2O3/c1-10(9-17)15-6-4-11-2-3-13-12(8-11)16-14(18)5-7-19-13/h2-3,8,10,15,17H,4-7,9H2,1H3,(H,16,18). The van der Waals surface area contributed by atoms with Crippen molar-refractivity contribution in [2.24, 2.45) is 0 Å². The van der Waals surface area contributed by atoms with E-state index in [0.29, 0.717) is 13.0 Å². The number of hydrogen-bond donors (Lipinski definition) is 3. The molecular weight excluding hydrogens is 244 g/mol. The number of hydrogen-bond acceptors (Lipinski definition) is 4. The molecule has 1 amide bonds. The van der Waals surface area contributed by atoms with Gasteiger partial charge in [0.05, 0.1) is 25.3 Å². The number of amides is 1. The van der Waals surface area contributed by atoms with Crippen LogP contribution in [0.3, 0.4) is 0 Å². The monoisotopic (exact) mass is 264 g/mol. The van der Waals surface area contributed by atoms with Crippen LogP contribution in [0.4, 0.5) is 5.69 Å². The lowest BCUT2D eigenvalue weighted by Gasteiger charge is -2.12. The first-order valence-electron chi connectivity index (χ1n) is 6.59. The van der Waals surface area contributed by atoms with Gasteiger partial charge in [-0.05, 0) is 37.6 Å². The number of aliphatic hydroxyl groups excluding tert-OH is 1. The molecule has 1 aliphatic heterocycles. The maximum Gasteiger partial charge on any atom is 0.227 e. The molecule has 0 saturated carbocycles. The maximum absolute atomic E-state index is 11.5. The summed E-state index contributed by atoms with van der Waals surface area (Å²) in [6.45, 7) is 3.28. The van der Waals surface area contributed by atoms with Gasteiger partial charge in [0, 0.05) is 6.04 Å². The summed E-state index contributed by atoms with van der Waals surface area (Å²) in [7, 11) is 0. The number of anilines is 1. The number of rotatable bonds is 5. The van der Waals surface area contributed by atoms with Crippen molar-refractivity contribution in [1.29, 1.82) is 0 Å². The first-order chi connectivity index (χ1) is 9.19. The number of nitrogens with one attached hydrogen (secondary N) is 2. The average Bonchev–Trinajstić information content (AvgIpc) is 2.58. The van der Waals surface area contributed by atoms with E-state index >= 15 is 0 Å². The van der Waals surface area contributed by atoms with Crippen LogP contribution in [0.5, 0.6) is 5.75 Å². The van der Waals surface area contributed by atoms with Crippen molar-refractivity contribution in [2.45, 2.75) is 25.8 Å². The Labute approximate surface area is 113 Å². The van der Waals surface area contributed by atoms with Crippen LogP contribution < -0.4 is 15.4 Å². The van der Waals surface area contributed by atoms with Gasteiger partial charge in [-0.2, -0.15) is 0 Å². The summed E-state index contributed by atoms with van der Waals surface area (Å²) in [5, 5.41) is 15.0. The SMILES string of the molecule is CC(CO)NCCc1ccc2c(c1)NC(=O)CCO2. The number of aliphatic hydroxyl groups is 1. The van der Waals surface area contributed by atoms with Crippen LogP contribution in [0.2, 0.25) is 0 Å². The highest BCUT2D eigenvalue weighted by atomic mass is 16.5. The first-order valence-corrected chi connectivity index (χ1v) is 6.59. The van der Waals surface area contributed by atoms with Gasteiger partial charge in [0.2, 0.25) is 5.91 Å². The zero-order chi connectivity index (χ0) is 13.7. The lowest BCUT2D eigenvalue weighted by molar-refractivity contribution is -0.116. The minimum Gasteiger partial charge on any atom is -0.491 e. The smallest absolute Gasteiger partial charge is 0.227 e.